The molecule has 1 heterocycles. The molecule has 180 valence electrons. The number of hydrogen-bond donors (Lipinski definition) is 4. The van der Waals surface area contributed by atoms with Crippen molar-refractivity contribution in [2.75, 3.05) is 7.11 Å². The summed E-state index contributed by atoms with van der Waals surface area (Å²) in [5, 5.41) is 33.1. The number of carbonyl (C=O) groups is 3. The number of ether oxygens (including phenoxy) is 1. The van der Waals surface area contributed by atoms with Gasteiger partial charge in [0, 0.05) is 36.8 Å². The van der Waals surface area contributed by atoms with Gasteiger partial charge in [0.25, 0.3) is 5.91 Å². The number of rotatable bonds is 3. The van der Waals surface area contributed by atoms with Gasteiger partial charge in [-0.25, -0.2) is 4.98 Å². The molecule has 1 aromatic carbocycles. The lowest BCUT2D eigenvalue weighted by Gasteiger charge is -2.48. The van der Waals surface area contributed by atoms with Crippen LogP contribution in [-0.4, -0.2) is 50.5 Å². The van der Waals surface area contributed by atoms with E-state index < -0.39 is 52.0 Å². The summed E-state index contributed by atoms with van der Waals surface area (Å²) in [5.74, 6) is -5.42. The van der Waals surface area contributed by atoms with Gasteiger partial charge in [-0.05, 0) is 48.1 Å². The van der Waals surface area contributed by atoms with E-state index in [0.29, 0.717) is 21.8 Å². The van der Waals surface area contributed by atoms with E-state index in [-0.39, 0.29) is 36.1 Å². The van der Waals surface area contributed by atoms with Gasteiger partial charge in [-0.2, -0.15) is 0 Å². The topological polar surface area (TPSA) is 160 Å². The van der Waals surface area contributed by atoms with Gasteiger partial charge in [-0.3, -0.25) is 14.4 Å². The fourth-order valence-electron chi connectivity index (χ4n) is 5.76. The summed E-state index contributed by atoms with van der Waals surface area (Å²) >= 11 is 5.91. The van der Waals surface area contributed by atoms with Crippen LogP contribution in [-0.2, 0) is 25.5 Å². The van der Waals surface area contributed by atoms with E-state index in [0.717, 1.165) is 0 Å². The van der Waals surface area contributed by atoms with Crippen molar-refractivity contribution in [1.29, 1.82) is 0 Å². The number of fused-ring (bicyclic) bond motifs is 3. The molecule has 0 spiro atoms. The molecule has 5 rings (SSSR count). The van der Waals surface area contributed by atoms with Crippen molar-refractivity contribution in [1.82, 2.24) is 4.98 Å². The summed E-state index contributed by atoms with van der Waals surface area (Å²) in [6.45, 7) is 0. The zero-order chi connectivity index (χ0) is 25.2. The minimum absolute atomic E-state index is 0.0398. The highest BCUT2D eigenvalue weighted by Crippen LogP contribution is 2.54. The molecule has 0 radical (unpaired) electrons. The highest BCUT2D eigenvalue weighted by molar-refractivity contribution is 6.29. The number of carbonyl (C=O) groups excluding carboxylic acids is 3. The zero-order valence-electron chi connectivity index (χ0n) is 18.5. The van der Waals surface area contributed by atoms with Gasteiger partial charge in [-0.15, -0.1) is 0 Å². The number of benzene rings is 1. The number of aromatic hydroxyl groups is 1. The predicted octanol–water partition coefficient (Wildman–Crippen LogP) is 2.79. The molecule has 3 aliphatic carbocycles. The van der Waals surface area contributed by atoms with Crippen molar-refractivity contribution in [2.24, 2.45) is 17.6 Å². The van der Waals surface area contributed by atoms with E-state index in [9.17, 15) is 29.7 Å². The number of aliphatic hydroxyl groups is 2. The number of pyridine rings is 1. The molecule has 1 fully saturated rings. The first-order valence-electron chi connectivity index (χ1n) is 10.9. The Kier molecular flexibility index (Phi) is 5.23. The SMILES string of the molecule is CO[C@]12C(=O)C3=C(O)c4c(O)ccc(-c5ccc(Cl)nc5)c4C[C@H]3C[C@H]1CC(=O)C(C(N)=O)=C2O. The van der Waals surface area contributed by atoms with Crippen LogP contribution in [0.15, 0.2) is 47.4 Å². The smallest absolute Gasteiger partial charge is 0.255 e. The number of methoxy groups -OCH3 is 1. The summed E-state index contributed by atoms with van der Waals surface area (Å²) in [6, 6.07) is 6.48. The second-order valence-electron chi connectivity index (χ2n) is 8.94. The van der Waals surface area contributed by atoms with Crippen molar-refractivity contribution < 1.29 is 34.4 Å². The van der Waals surface area contributed by atoms with Crippen LogP contribution in [0, 0.1) is 11.8 Å². The van der Waals surface area contributed by atoms with E-state index in [4.69, 9.17) is 22.1 Å². The highest BCUT2D eigenvalue weighted by atomic mass is 35.5. The fourth-order valence-corrected chi connectivity index (χ4v) is 5.88. The Morgan fingerprint density at radius 1 is 1.17 bits per heavy atom. The van der Waals surface area contributed by atoms with Crippen LogP contribution >= 0.6 is 11.6 Å². The fraction of sp³-hybridized carbons (Fsp3) is 0.280. The van der Waals surface area contributed by atoms with Crippen LogP contribution in [0.3, 0.4) is 0 Å². The Labute approximate surface area is 204 Å². The third kappa shape index (κ3) is 3.11. The lowest BCUT2D eigenvalue weighted by atomic mass is 9.59. The number of nitrogens with zero attached hydrogens (tertiary/aromatic N) is 1. The zero-order valence-corrected chi connectivity index (χ0v) is 19.3. The first kappa shape index (κ1) is 23.1. The van der Waals surface area contributed by atoms with Crippen LogP contribution in [0.25, 0.3) is 16.9 Å². The van der Waals surface area contributed by atoms with Gasteiger partial charge in [0.05, 0.1) is 5.56 Å². The second kappa shape index (κ2) is 7.93. The lowest BCUT2D eigenvalue weighted by Crippen LogP contribution is -2.59. The highest BCUT2D eigenvalue weighted by Gasteiger charge is 2.61. The molecule has 3 atom stereocenters. The van der Waals surface area contributed by atoms with Gasteiger partial charge < -0.3 is 25.8 Å². The number of aliphatic hydroxyl groups excluding tert-OH is 2. The van der Waals surface area contributed by atoms with Crippen molar-refractivity contribution in [2.45, 2.75) is 24.9 Å². The summed E-state index contributed by atoms with van der Waals surface area (Å²) in [6.07, 6.45) is 1.81. The molecule has 1 aromatic heterocycles. The van der Waals surface area contributed by atoms with Crippen LogP contribution < -0.4 is 5.73 Å². The van der Waals surface area contributed by atoms with Gasteiger partial charge in [-0.1, -0.05) is 17.7 Å². The van der Waals surface area contributed by atoms with E-state index in [1.54, 1.807) is 24.4 Å². The average Bonchev–Trinajstić information content (AvgIpc) is 2.79. The van der Waals surface area contributed by atoms with Gasteiger partial charge >= 0.3 is 0 Å². The number of halogens is 1. The molecule has 2 aromatic rings. The quantitative estimate of drug-likeness (QED) is 0.372. The number of phenolic OH excluding ortho intramolecular Hbond substituents is 1. The molecular weight excluding hydrogens is 476 g/mol. The standard InChI is InChI=1S/C25H21ClN2O7/c1-35-25-12(8-16(30)20(23(25)33)24(27)34)6-11-7-14-13(10-2-5-17(26)28-9-10)3-4-15(29)19(14)21(31)18(11)22(25)32/h2-5,9,11-12,29,31,33H,6-8H2,1H3,(H2,27,34)/t11-,12+,25+/m1/s1. The Morgan fingerprint density at radius 3 is 2.54 bits per heavy atom. The molecule has 9 nitrogen and oxygen atoms in total. The first-order valence-corrected chi connectivity index (χ1v) is 11.3. The third-order valence-corrected chi connectivity index (χ3v) is 7.50. The maximum Gasteiger partial charge on any atom is 0.255 e. The summed E-state index contributed by atoms with van der Waals surface area (Å²) in [4.78, 5) is 42.4. The van der Waals surface area contributed by atoms with Crippen LogP contribution in [0.2, 0.25) is 5.15 Å². The van der Waals surface area contributed by atoms with Crippen LogP contribution in [0.4, 0.5) is 0 Å². The van der Waals surface area contributed by atoms with Gasteiger partial charge in [0.15, 0.2) is 11.4 Å². The molecule has 0 unspecified atom stereocenters. The van der Waals surface area contributed by atoms with Gasteiger partial charge in [0.1, 0.15) is 28.0 Å². The maximum atomic E-state index is 13.8. The first-order chi connectivity index (χ1) is 16.6. The molecular formula is C25H21ClN2O7. The lowest BCUT2D eigenvalue weighted by molar-refractivity contribution is -0.153. The normalized spacial score (nSPS) is 25.8. The van der Waals surface area contributed by atoms with Crippen molar-refractivity contribution >= 4 is 34.8 Å². The number of nitrogens with two attached hydrogens (primary N) is 1. The second-order valence-corrected chi connectivity index (χ2v) is 9.32. The molecule has 1 amide bonds. The number of Topliss-reactive ketones (excluding diaryl/α,β-unsaturated/α-hetero) is 2. The Balaban J connectivity index is 1.72. The molecule has 0 aliphatic heterocycles. The summed E-state index contributed by atoms with van der Waals surface area (Å²) < 4.78 is 5.51. The number of primary amides is 1. The number of phenols is 1. The summed E-state index contributed by atoms with van der Waals surface area (Å²) in [5.41, 5.74) is 4.65. The average molecular weight is 497 g/mol. The monoisotopic (exact) mass is 496 g/mol. The van der Waals surface area contributed by atoms with E-state index >= 15 is 0 Å². The minimum Gasteiger partial charge on any atom is -0.508 e. The molecule has 0 saturated heterocycles. The minimum atomic E-state index is -2.04. The van der Waals surface area contributed by atoms with E-state index in [2.05, 4.69) is 4.98 Å². The van der Waals surface area contributed by atoms with Crippen LogP contribution in [0.1, 0.15) is 24.0 Å². The number of hydrogen-bond acceptors (Lipinski definition) is 8. The number of aromatic nitrogens is 1. The molecule has 3 aliphatic rings. The van der Waals surface area contributed by atoms with E-state index in [1.807, 2.05) is 0 Å². The molecule has 35 heavy (non-hydrogen) atoms. The van der Waals surface area contributed by atoms with Crippen molar-refractivity contribution in [3.8, 4) is 16.9 Å². The maximum absolute atomic E-state index is 13.8. The number of ketones is 2. The molecule has 1 saturated carbocycles. The molecule has 10 heteroatoms. The van der Waals surface area contributed by atoms with Crippen molar-refractivity contribution in [3.05, 3.63) is 63.6 Å². The molecule has 5 N–H and O–H groups in total. The Bertz CT molecular complexity index is 1380. The largest absolute Gasteiger partial charge is 0.508 e. The van der Waals surface area contributed by atoms with Gasteiger partial charge in [0.2, 0.25) is 5.78 Å². The Hall–Kier alpha value is -3.69. The number of amides is 1. The van der Waals surface area contributed by atoms with Crippen LogP contribution in [0.5, 0.6) is 5.75 Å². The Morgan fingerprint density at radius 2 is 1.91 bits per heavy atom. The summed E-state index contributed by atoms with van der Waals surface area (Å²) in [7, 11) is 1.19. The third-order valence-electron chi connectivity index (χ3n) is 7.27. The van der Waals surface area contributed by atoms with Crippen molar-refractivity contribution in [3.63, 3.8) is 0 Å². The molecule has 0 bridgehead atoms. The van der Waals surface area contributed by atoms with E-state index in [1.165, 1.54) is 13.2 Å². The predicted molar refractivity (Wildman–Crippen MR) is 124 cm³/mol.